The molecule has 0 aromatic carbocycles. The molecule has 1 rings (SSSR count). The van der Waals surface area contributed by atoms with E-state index in [1.165, 1.54) is 63.8 Å². The van der Waals surface area contributed by atoms with Crippen LogP contribution >= 0.6 is 0 Å². The van der Waals surface area contributed by atoms with Crippen LogP contribution in [0, 0.1) is 0 Å². The van der Waals surface area contributed by atoms with E-state index in [-0.39, 0.29) is 0 Å². The van der Waals surface area contributed by atoms with Gasteiger partial charge in [0.15, 0.2) is 0 Å². The second-order valence-electron chi connectivity index (χ2n) is 9.76. The Morgan fingerprint density at radius 1 is 0.593 bits per heavy atom. The molecule has 0 bridgehead atoms. The second-order valence-corrected chi connectivity index (χ2v) is 24.1. The first-order valence-corrected chi connectivity index (χ1v) is 21.1. The van der Waals surface area contributed by atoms with Crippen molar-refractivity contribution in [2.75, 3.05) is 0 Å². The predicted molar refractivity (Wildman–Crippen MR) is 134 cm³/mol. The molecule has 2 atom stereocenters. The van der Waals surface area contributed by atoms with E-state index in [0.29, 0.717) is 6.66 Å². The van der Waals surface area contributed by atoms with Gasteiger partial charge in [0.1, 0.15) is 0 Å². The van der Waals surface area contributed by atoms with Gasteiger partial charge in [-0.25, -0.2) is 0 Å². The zero-order valence-electron chi connectivity index (χ0n) is 20.7. The van der Waals surface area contributed by atoms with Crippen molar-refractivity contribution in [3.8, 4) is 0 Å². The van der Waals surface area contributed by atoms with Crippen LogP contribution in [0.4, 0.5) is 0 Å². The molecule has 0 spiro atoms. The van der Waals surface area contributed by atoms with Crippen LogP contribution in [0.2, 0.25) is 41.8 Å². The van der Waals surface area contributed by atoms with Gasteiger partial charge in [-0.15, -0.1) is 0 Å². The van der Waals surface area contributed by atoms with Gasteiger partial charge in [-0.3, -0.25) is 0 Å². The van der Waals surface area contributed by atoms with Crippen LogP contribution in [0.5, 0.6) is 0 Å². The standard InChI is InChI=1S/C22H44B2.2CH3.Sn/c1-9-17-19(21(11-3)23(13-5)14-6)20(18-10-2)22(12-4)24(15-7)16-8;;;/h9-18H2,1-8H3;2*1H3;. The van der Waals surface area contributed by atoms with Crippen LogP contribution in [-0.4, -0.2) is 31.8 Å². The molecule has 0 aromatic rings. The molecular weight excluding hydrogens is 429 g/mol. The van der Waals surface area contributed by atoms with Crippen molar-refractivity contribution < 1.29 is 0 Å². The Balaban J connectivity index is 3.99. The van der Waals surface area contributed by atoms with Gasteiger partial charge in [0.2, 0.25) is 0 Å². The van der Waals surface area contributed by atoms with Crippen molar-refractivity contribution in [2.24, 2.45) is 0 Å². The van der Waals surface area contributed by atoms with Gasteiger partial charge < -0.3 is 0 Å². The van der Waals surface area contributed by atoms with Gasteiger partial charge >= 0.3 is 179 Å². The maximum atomic E-state index is 2.90. The monoisotopic (exact) mass is 480 g/mol. The summed E-state index contributed by atoms with van der Waals surface area (Å²) < 4.78 is 1.19. The number of rotatable bonds is 12. The van der Waals surface area contributed by atoms with E-state index in [1.807, 2.05) is 11.1 Å². The molecule has 0 saturated heterocycles. The molecule has 156 valence electrons. The predicted octanol–water partition coefficient (Wildman–Crippen LogP) is 9.05. The van der Waals surface area contributed by atoms with Gasteiger partial charge in [-0.1, -0.05) is 0 Å². The number of hydrogen-bond donors (Lipinski definition) is 0. The fourth-order valence-corrected chi connectivity index (χ4v) is 29.7. The molecule has 1 aliphatic rings. The van der Waals surface area contributed by atoms with Crippen molar-refractivity contribution in [2.45, 2.75) is 136 Å². The van der Waals surface area contributed by atoms with Crippen molar-refractivity contribution in [3.63, 3.8) is 0 Å². The fourth-order valence-electron chi connectivity index (χ4n) is 8.31. The van der Waals surface area contributed by atoms with E-state index in [1.54, 1.807) is 0 Å². The third-order valence-electron chi connectivity index (χ3n) is 9.15. The molecule has 0 aliphatic carbocycles. The second kappa shape index (κ2) is 10.6. The Labute approximate surface area is 178 Å². The van der Waals surface area contributed by atoms with Crippen LogP contribution < -0.4 is 0 Å². The van der Waals surface area contributed by atoms with Crippen molar-refractivity contribution in [1.82, 2.24) is 0 Å². The summed E-state index contributed by atoms with van der Waals surface area (Å²) >= 11 is -2.57. The fraction of sp³-hybridized carbons (Fsp3) is 0.917. The van der Waals surface area contributed by atoms with Crippen LogP contribution in [0.1, 0.15) is 93.9 Å². The van der Waals surface area contributed by atoms with E-state index in [9.17, 15) is 0 Å². The Kier molecular flexibility index (Phi) is 10.1. The van der Waals surface area contributed by atoms with Crippen molar-refractivity contribution in [3.05, 3.63) is 11.1 Å². The van der Waals surface area contributed by atoms with Gasteiger partial charge in [0, 0.05) is 0 Å². The molecule has 0 nitrogen and oxygen atoms in total. The van der Waals surface area contributed by atoms with Gasteiger partial charge in [-0.2, -0.15) is 0 Å². The van der Waals surface area contributed by atoms with Gasteiger partial charge in [0.05, 0.1) is 0 Å². The van der Waals surface area contributed by atoms with Crippen LogP contribution in [0.15, 0.2) is 11.1 Å². The first-order valence-electron chi connectivity index (χ1n) is 12.5. The first kappa shape index (κ1) is 25.7. The van der Waals surface area contributed by atoms with E-state index >= 15 is 0 Å². The van der Waals surface area contributed by atoms with Crippen LogP contribution in [-0.2, 0) is 0 Å². The number of allylic oxidation sites excluding steroid dienone is 2. The zero-order valence-corrected chi connectivity index (χ0v) is 23.6. The Hall–Kier alpha value is 0.669. The van der Waals surface area contributed by atoms with E-state index in [2.05, 4.69) is 65.3 Å². The summed E-state index contributed by atoms with van der Waals surface area (Å²) in [4.78, 5) is 5.80. The first-order chi connectivity index (χ1) is 12.8. The van der Waals surface area contributed by atoms with Crippen molar-refractivity contribution >= 4 is 31.8 Å². The summed E-state index contributed by atoms with van der Waals surface area (Å²) in [5.41, 5.74) is 4.02. The van der Waals surface area contributed by atoms with Crippen molar-refractivity contribution in [1.29, 1.82) is 0 Å². The molecule has 0 amide bonds. The quantitative estimate of drug-likeness (QED) is 0.194. The van der Waals surface area contributed by atoms with E-state index in [4.69, 9.17) is 0 Å². The molecule has 0 N–H and O–H groups in total. The maximum absolute atomic E-state index is 2.90. The van der Waals surface area contributed by atoms with Gasteiger partial charge in [0.25, 0.3) is 0 Å². The minimum atomic E-state index is -2.57. The molecule has 0 unspecified atom stereocenters. The summed E-state index contributed by atoms with van der Waals surface area (Å²) in [6, 6.07) is 0. The Morgan fingerprint density at radius 2 is 0.889 bits per heavy atom. The zero-order chi connectivity index (χ0) is 20.9. The minimum absolute atomic E-state index is 0.595. The molecule has 0 saturated carbocycles. The average Bonchev–Trinajstić information content (AvgIpc) is 2.81. The molecule has 27 heavy (non-hydrogen) atoms. The SMILES string of the molecule is CCCC1=C(CCC)[C@@](CC)(B(CC)CC)[Sn]([CH3])([CH3])[C@@]1(CC)B(CC)CC. The molecule has 0 radical (unpaired) electrons. The molecular formula is C24H50B2Sn. The molecule has 0 aromatic heterocycles. The summed E-state index contributed by atoms with van der Waals surface area (Å²) in [7, 11) is 0. The van der Waals surface area contributed by atoms with Crippen LogP contribution in [0.25, 0.3) is 0 Å². The van der Waals surface area contributed by atoms with E-state index < -0.39 is 18.4 Å². The average molecular weight is 479 g/mol. The molecule has 1 heterocycles. The molecule has 0 fully saturated rings. The van der Waals surface area contributed by atoms with Gasteiger partial charge in [-0.05, 0) is 0 Å². The summed E-state index contributed by atoms with van der Waals surface area (Å²) in [6.45, 7) is 21.7. The Morgan fingerprint density at radius 3 is 1.07 bits per heavy atom. The normalized spacial score (nSPS) is 27.3. The molecule has 3 heteroatoms. The third kappa shape index (κ3) is 3.65. The summed E-state index contributed by atoms with van der Waals surface area (Å²) in [6.07, 6.45) is 13.7. The number of hydrogen-bond acceptors (Lipinski definition) is 0. The Bertz CT molecular complexity index is 449. The van der Waals surface area contributed by atoms with E-state index in [0.717, 1.165) is 13.4 Å². The summed E-state index contributed by atoms with van der Waals surface area (Å²) in [5.74, 6) is 0. The summed E-state index contributed by atoms with van der Waals surface area (Å²) in [5, 5.41) is 0. The van der Waals surface area contributed by atoms with Crippen LogP contribution in [0.3, 0.4) is 0 Å². The topological polar surface area (TPSA) is 0 Å². The third-order valence-corrected chi connectivity index (χ3v) is 28.0. The molecule has 1 aliphatic heterocycles.